The predicted molar refractivity (Wildman–Crippen MR) is 158 cm³/mol. The molecule has 3 fully saturated rings. The predicted octanol–water partition coefficient (Wildman–Crippen LogP) is 7.93. The summed E-state index contributed by atoms with van der Waals surface area (Å²) < 4.78 is 60.6. The molecule has 4 aromatic rings. The molecule has 1 N–H and O–H groups in total. The maximum absolute atomic E-state index is 13.6. The van der Waals surface area contributed by atoms with Crippen LogP contribution in [-0.4, -0.2) is 28.7 Å². The summed E-state index contributed by atoms with van der Waals surface area (Å²) in [5.74, 6) is -0.544. The van der Waals surface area contributed by atoms with E-state index >= 15 is 0 Å². The molecular weight excluding hydrogens is 569 g/mol. The molecular formula is C35H35F3N2O4. The normalized spacial score (nSPS) is 30.0. The Morgan fingerprint density at radius 2 is 1.48 bits per heavy atom. The van der Waals surface area contributed by atoms with Crippen LogP contribution in [-0.2, 0) is 31.6 Å². The molecule has 0 saturated carbocycles. The third kappa shape index (κ3) is 4.21. The lowest BCUT2D eigenvalue weighted by Gasteiger charge is -2.52. The maximum atomic E-state index is 13.6. The number of hydroxylamine groups is 2. The third-order valence-electron chi connectivity index (χ3n) is 9.25. The Morgan fingerprint density at radius 1 is 0.818 bits per heavy atom. The first-order valence-corrected chi connectivity index (χ1v) is 14.7. The molecule has 0 bridgehead atoms. The number of hydrogen-bond acceptors (Lipinski definition) is 6. The molecule has 3 aliphatic rings. The molecule has 0 aliphatic carbocycles. The van der Waals surface area contributed by atoms with Crippen molar-refractivity contribution in [1.29, 1.82) is 0 Å². The number of halogens is 3. The number of hydrogen-bond donors (Lipinski definition) is 1. The quantitative estimate of drug-likeness (QED) is 0.234. The van der Waals surface area contributed by atoms with Crippen molar-refractivity contribution >= 4 is 0 Å². The van der Waals surface area contributed by atoms with Crippen molar-refractivity contribution in [3.63, 3.8) is 0 Å². The van der Waals surface area contributed by atoms with Gasteiger partial charge in [-0.2, -0.15) is 18.2 Å². The first-order valence-electron chi connectivity index (χ1n) is 14.7. The van der Waals surface area contributed by atoms with Crippen LogP contribution >= 0.6 is 0 Å². The van der Waals surface area contributed by atoms with Gasteiger partial charge >= 0.3 is 6.18 Å². The zero-order chi connectivity index (χ0) is 31.2. The lowest BCUT2D eigenvalue weighted by Crippen LogP contribution is -2.69. The molecule has 4 heterocycles. The topological polar surface area (TPSA) is 59.4 Å². The summed E-state index contributed by atoms with van der Waals surface area (Å²) in [5.41, 5.74) is -1.73. The summed E-state index contributed by atoms with van der Waals surface area (Å²) >= 11 is 0. The molecule has 0 unspecified atom stereocenters. The molecule has 3 saturated heterocycles. The number of furan rings is 1. The minimum atomic E-state index is -4.48. The fourth-order valence-electron chi connectivity index (χ4n) is 6.88. The van der Waals surface area contributed by atoms with Gasteiger partial charge in [-0.3, -0.25) is 5.32 Å². The zero-order valence-electron chi connectivity index (χ0n) is 25.2. The fourth-order valence-corrected chi connectivity index (χ4v) is 6.88. The number of nitrogens with one attached hydrogen (secondary N) is 1. The van der Waals surface area contributed by atoms with Crippen LogP contribution in [0.25, 0.3) is 11.3 Å². The molecule has 6 nitrogen and oxygen atoms in total. The van der Waals surface area contributed by atoms with E-state index in [1.165, 1.54) is 6.07 Å². The van der Waals surface area contributed by atoms with Crippen LogP contribution in [0, 0.1) is 0 Å². The number of fused-ring (bicyclic) bond motifs is 2. The van der Waals surface area contributed by atoms with E-state index in [0.29, 0.717) is 23.7 Å². The van der Waals surface area contributed by atoms with Crippen LogP contribution in [0.4, 0.5) is 13.2 Å². The van der Waals surface area contributed by atoms with Crippen LogP contribution < -0.4 is 5.32 Å². The molecule has 7 rings (SSSR count). The summed E-state index contributed by atoms with van der Waals surface area (Å²) in [7, 11) is 0. The lowest BCUT2D eigenvalue weighted by molar-refractivity contribution is -0.417. The van der Waals surface area contributed by atoms with Gasteiger partial charge in [-0.15, -0.1) is 0 Å². The number of rotatable bonds is 5. The Hall–Kier alpha value is -3.47. The molecule has 230 valence electrons. The van der Waals surface area contributed by atoms with Gasteiger partial charge in [-0.05, 0) is 70.0 Å². The minimum Gasteiger partial charge on any atom is -0.459 e. The monoisotopic (exact) mass is 604 g/mol. The SMILES string of the molecule is CC1(C)CO[C@@]2(N1)ON(C(C)(C)c1ccccc1)[C@@H](c1ccc(-c3cccc(C(F)(F)F)c3)o1)[C@]1(c3ccccc3)O[C@]21C. The highest BCUT2D eigenvalue weighted by Crippen LogP contribution is 2.73. The molecule has 44 heavy (non-hydrogen) atoms. The molecule has 3 aliphatic heterocycles. The van der Waals surface area contributed by atoms with Crippen LogP contribution in [0.2, 0.25) is 0 Å². The highest BCUT2D eigenvalue weighted by molar-refractivity contribution is 5.59. The van der Waals surface area contributed by atoms with Gasteiger partial charge in [0.1, 0.15) is 17.6 Å². The van der Waals surface area contributed by atoms with Gasteiger partial charge in [0.15, 0.2) is 11.2 Å². The largest absolute Gasteiger partial charge is 0.459 e. The van der Waals surface area contributed by atoms with Gasteiger partial charge < -0.3 is 13.9 Å². The maximum Gasteiger partial charge on any atom is 0.416 e. The lowest BCUT2D eigenvalue weighted by atomic mass is 9.75. The van der Waals surface area contributed by atoms with Gasteiger partial charge in [0, 0.05) is 11.1 Å². The Kier molecular flexibility index (Phi) is 6.33. The number of ether oxygens (including phenoxy) is 2. The Bertz CT molecular complexity index is 1690. The smallest absolute Gasteiger partial charge is 0.416 e. The van der Waals surface area contributed by atoms with Crippen molar-refractivity contribution in [2.75, 3.05) is 6.61 Å². The molecule has 1 spiro atoms. The number of nitrogens with zero attached hydrogens (tertiary/aromatic N) is 1. The van der Waals surface area contributed by atoms with E-state index in [9.17, 15) is 13.2 Å². The van der Waals surface area contributed by atoms with Gasteiger partial charge in [-0.1, -0.05) is 72.8 Å². The average Bonchev–Trinajstić information content (AvgIpc) is 3.26. The highest BCUT2D eigenvalue weighted by Gasteiger charge is 2.88. The Labute approximate surface area is 254 Å². The first-order chi connectivity index (χ1) is 20.7. The van der Waals surface area contributed by atoms with Crippen molar-refractivity contribution in [3.8, 4) is 11.3 Å². The van der Waals surface area contributed by atoms with E-state index in [1.807, 2.05) is 86.5 Å². The Morgan fingerprint density at radius 3 is 2.11 bits per heavy atom. The number of alkyl halides is 3. The van der Waals surface area contributed by atoms with E-state index in [4.69, 9.17) is 18.7 Å². The molecule has 0 amide bonds. The van der Waals surface area contributed by atoms with Gasteiger partial charge in [0.25, 0.3) is 5.91 Å². The summed E-state index contributed by atoms with van der Waals surface area (Å²) in [6.07, 6.45) is -4.48. The molecule has 0 radical (unpaired) electrons. The fraction of sp³-hybridized carbons (Fsp3) is 0.371. The van der Waals surface area contributed by atoms with Crippen molar-refractivity contribution in [3.05, 3.63) is 120 Å². The van der Waals surface area contributed by atoms with Crippen LogP contribution in [0.15, 0.2) is 101 Å². The summed E-state index contributed by atoms with van der Waals surface area (Å²) in [6.45, 7) is 10.6. The van der Waals surface area contributed by atoms with E-state index in [-0.39, 0.29) is 0 Å². The van der Waals surface area contributed by atoms with Gasteiger partial charge in [-0.25, -0.2) is 4.84 Å². The van der Waals surface area contributed by atoms with Crippen LogP contribution in [0.1, 0.15) is 63.1 Å². The second-order valence-corrected chi connectivity index (χ2v) is 13.2. The van der Waals surface area contributed by atoms with Crippen LogP contribution in [0.5, 0.6) is 0 Å². The van der Waals surface area contributed by atoms with E-state index in [0.717, 1.165) is 23.3 Å². The molecule has 3 aromatic carbocycles. The molecule has 1 aromatic heterocycles. The molecule has 4 atom stereocenters. The zero-order valence-corrected chi connectivity index (χ0v) is 25.2. The van der Waals surface area contributed by atoms with E-state index in [2.05, 4.69) is 19.2 Å². The van der Waals surface area contributed by atoms with Crippen molar-refractivity contribution < 1.29 is 31.9 Å². The van der Waals surface area contributed by atoms with Gasteiger partial charge in [0.05, 0.1) is 17.7 Å². The second kappa shape index (κ2) is 9.52. The number of benzene rings is 3. The summed E-state index contributed by atoms with van der Waals surface area (Å²) in [5, 5.41) is 5.48. The van der Waals surface area contributed by atoms with Crippen molar-refractivity contribution in [2.45, 2.75) is 75.0 Å². The standard InChI is InChI=1S/C35H35F3N2O4/c1-30(2)22-41-35(39-30)32(5)33(43-32,25-16-10-7-11-17-25)29(40(44-35)31(3,4)24-14-8-6-9-15-24)28-20-19-27(42-28)23-13-12-18-26(21-23)34(36,37)38/h6-21,29,39H,22H2,1-5H3/t29-,32-,33-,35+/m0/s1. The third-order valence-corrected chi connectivity index (χ3v) is 9.25. The Balaban J connectivity index is 1.43. The average molecular weight is 605 g/mol. The van der Waals surface area contributed by atoms with E-state index < -0.39 is 46.0 Å². The van der Waals surface area contributed by atoms with Gasteiger partial charge in [0.2, 0.25) is 0 Å². The van der Waals surface area contributed by atoms with Crippen molar-refractivity contribution in [1.82, 2.24) is 10.4 Å². The number of epoxide rings is 1. The van der Waals surface area contributed by atoms with Crippen LogP contribution in [0.3, 0.4) is 0 Å². The highest BCUT2D eigenvalue weighted by atomic mass is 19.4. The summed E-state index contributed by atoms with van der Waals surface area (Å²) in [4.78, 5) is 7.01. The summed E-state index contributed by atoms with van der Waals surface area (Å²) in [6, 6.07) is 27.9. The molecule has 9 heteroatoms. The first kappa shape index (κ1) is 29.3. The van der Waals surface area contributed by atoms with Crippen molar-refractivity contribution in [2.24, 2.45) is 0 Å². The second-order valence-electron chi connectivity index (χ2n) is 13.2. The minimum absolute atomic E-state index is 0.311. The van der Waals surface area contributed by atoms with E-state index in [1.54, 1.807) is 18.2 Å².